The Morgan fingerprint density at radius 1 is 1.61 bits per heavy atom. The van der Waals surface area contributed by atoms with E-state index in [0.29, 0.717) is 18.2 Å². The van der Waals surface area contributed by atoms with Crippen LogP contribution >= 0.6 is 43.2 Å². The molecule has 1 heterocycles. The highest BCUT2D eigenvalue weighted by molar-refractivity contribution is 9.12. The normalized spacial score (nSPS) is 16.9. The van der Waals surface area contributed by atoms with E-state index in [1.54, 1.807) is 0 Å². The number of carbonyl (C=O) groups excluding carboxylic acids is 1. The van der Waals surface area contributed by atoms with Gasteiger partial charge in [0.15, 0.2) is 0 Å². The van der Waals surface area contributed by atoms with E-state index < -0.39 is 0 Å². The zero-order valence-electron chi connectivity index (χ0n) is 10.4. The second-order valence-electron chi connectivity index (χ2n) is 4.69. The van der Waals surface area contributed by atoms with Gasteiger partial charge in [0.2, 0.25) is 0 Å². The fourth-order valence-corrected chi connectivity index (χ4v) is 4.61. The van der Waals surface area contributed by atoms with Gasteiger partial charge in [0.25, 0.3) is 5.91 Å². The van der Waals surface area contributed by atoms with Gasteiger partial charge >= 0.3 is 0 Å². The number of amides is 1. The second kappa shape index (κ2) is 6.03. The molecule has 1 amide bonds. The van der Waals surface area contributed by atoms with Crippen molar-refractivity contribution in [1.82, 2.24) is 10.2 Å². The minimum absolute atomic E-state index is 0.0140. The third-order valence-electron chi connectivity index (χ3n) is 3.28. The molecule has 18 heavy (non-hydrogen) atoms. The molecule has 1 aliphatic carbocycles. The summed E-state index contributed by atoms with van der Waals surface area (Å²) in [4.78, 5) is 14.4. The Hall–Kier alpha value is 0.0900. The molecule has 2 rings (SSSR count). The van der Waals surface area contributed by atoms with Gasteiger partial charge in [-0.25, -0.2) is 0 Å². The van der Waals surface area contributed by atoms with Crippen LogP contribution in [0.25, 0.3) is 0 Å². The minimum Gasteiger partial charge on any atom is -0.350 e. The Bertz CT molecular complexity index is 445. The maximum atomic E-state index is 12.0. The maximum Gasteiger partial charge on any atom is 0.253 e. The van der Waals surface area contributed by atoms with Gasteiger partial charge in [-0.15, -0.1) is 11.3 Å². The molecule has 0 radical (unpaired) electrons. The van der Waals surface area contributed by atoms with Crippen molar-refractivity contribution in [2.75, 3.05) is 13.6 Å². The predicted molar refractivity (Wildman–Crippen MR) is 82.3 cm³/mol. The molecule has 1 aromatic rings. The first-order valence-corrected chi connectivity index (χ1v) is 8.34. The summed E-state index contributed by atoms with van der Waals surface area (Å²) in [6, 6.07) is 2.94. The summed E-state index contributed by atoms with van der Waals surface area (Å²) < 4.78 is 1.83. The highest BCUT2D eigenvalue weighted by Crippen LogP contribution is 2.31. The second-order valence-corrected chi connectivity index (χ2v) is 8.44. The fourth-order valence-electron chi connectivity index (χ4n) is 1.82. The molecule has 100 valence electrons. The van der Waals surface area contributed by atoms with E-state index in [1.165, 1.54) is 24.2 Å². The topological polar surface area (TPSA) is 32.3 Å². The largest absolute Gasteiger partial charge is 0.350 e. The van der Waals surface area contributed by atoms with Crippen LogP contribution in [0.4, 0.5) is 0 Å². The summed E-state index contributed by atoms with van der Waals surface area (Å²) in [5, 5.41) is 2.99. The van der Waals surface area contributed by atoms with Gasteiger partial charge in [-0.1, -0.05) is 0 Å². The van der Waals surface area contributed by atoms with Crippen molar-refractivity contribution in [2.24, 2.45) is 0 Å². The number of carbonyl (C=O) groups is 1. The fraction of sp³-hybridized carbons (Fsp3) is 0.583. The van der Waals surface area contributed by atoms with E-state index in [4.69, 9.17) is 0 Å². The lowest BCUT2D eigenvalue weighted by Gasteiger charge is -2.24. The van der Waals surface area contributed by atoms with Crippen LogP contribution in [0, 0.1) is 0 Å². The Morgan fingerprint density at radius 3 is 2.78 bits per heavy atom. The van der Waals surface area contributed by atoms with Crippen molar-refractivity contribution in [3.05, 3.63) is 19.2 Å². The minimum atomic E-state index is -0.0140. The summed E-state index contributed by atoms with van der Waals surface area (Å²) in [6.45, 7) is 2.84. The number of likely N-dealkylation sites (N-methyl/N-ethyl adjacent to an activating group) is 1. The molecule has 1 aliphatic rings. The van der Waals surface area contributed by atoms with Crippen LogP contribution in [0.5, 0.6) is 0 Å². The molecule has 3 nitrogen and oxygen atoms in total. The lowest BCUT2D eigenvalue weighted by atomic mass is 10.2. The monoisotopic (exact) mass is 394 g/mol. The van der Waals surface area contributed by atoms with E-state index in [-0.39, 0.29) is 5.91 Å². The molecule has 1 aromatic heterocycles. The van der Waals surface area contributed by atoms with Crippen molar-refractivity contribution in [2.45, 2.75) is 31.8 Å². The highest BCUT2D eigenvalue weighted by atomic mass is 79.9. The Labute approximate surface area is 128 Å². The van der Waals surface area contributed by atoms with Crippen LogP contribution in [0.1, 0.15) is 30.1 Å². The predicted octanol–water partition coefficient (Wildman–Crippen LogP) is 3.49. The summed E-state index contributed by atoms with van der Waals surface area (Å²) in [7, 11) is 2.13. The lowest BCUT2D eigenvalue weighted by molar-refractivity contribution is 0.0939. The van der Waals surface area contributed by atoms with Crippen LogP contribution in [-0.2, 0) is 0 Å². The van der Waals surface area contributed by atoms with Gasteiger partial charge < -0.3 is 5.32 Å². The molecule has 0 bridgehead atoms. The molecular weight excluding hydrogens is 380 g/mol. The quantitative estimate of drug-likeness (QED) is 0.827. The van der Waals surface area contributed by atoms with Crippen LogP contribution < -0.4 is 5.32 Å². The molecule has 0 saturated heterocycles. The van der Waals surface area contributed by atoms with E-state index >= 15 is 0 Å². The number of thiophene rings is 1. The third kappa shape index (κ3) is 3.56. The zero-order valence-corrected chi connectivity index (χ0v) is 14.4. The number of halogens is 2. The smallest absolute Gasteiger partial charge is 0.253 e. The average molecular weight is 396 g/mol. The highest BCUT2D eigenvalue weighted by Gasteiger charge is 2.29. The molecule has 1 atom stereocenters. The van der Waals surface area contributed by atoms with E-state index in [0.717, 1.165) is 13.6 Å². The number of hydrogen-bond donors (Lipinski definition) is 1. The van der Waals surface area contributed by atoms with Gasteiger partial charge in [0.1, 0.15) is 0 Å². The standard InChI is InChI=1S/C12H16Br2N2OS/c1-7(16(2)8-3-4-8)6-15-12(17)9-5-10(13)18-11(9)14/h5,7-8H,3-4,6H2,1-2H3,(H,15,17). The Morgan fingerprint density at radius 2 is 2.28 bits per heavy atom. The number of hydrogen-bond acceptors (Lipinski definition) is 3. The molecular formula is C12H16Br2N2OS. The number of nitrogens with one attached hydrogen (secondary N) is 1. The van der Waals surface area contributed by atoms with Gasteiger partial charge in [-0.05, 0) is 64.7 Å². The molecule has 0 aromatic carbocycles. The summed E-state index contributed by atoms with van der Waals surface area (Å²) >= 11 is 8.30. The van der Waals surface area contributed by atoms with Crippen molar-refractivity contribution in [3.8, 4) is 0 Å². The number of nitrogens with zero attached hydrogens (tertiary/aromatic N) is 1. The molecule has 1 saturated carbocycles. The van der Waals surface area contributed by atoms with Crippen LogP contribution in [0.2, 0.25) is 0 Å². The first-order valence-electron chi connectivity index (χ1n) is 5.94. The molecule has 0 spiro atoms. The molecule has 6 heteroatoms. The summed E-state index contributed by atoms with van der Waals surface area (Å²) in [5.41, 5.74) is 0.702. The van der Waals surface area contributed by atoms with Gasteiger partial charge in [0.05, 0.1) is 13.1 Å². The maximum absolute atomic E-state index is 12.0. The summed E-state index contributed by atoms with van der Waals surface area (Å²) in [6.07, 6.45) is 2.58. The van der Waals surface area contributed by atoms with Crippen LogP contribution in [0.3, 0.4) is 0 Å². The van der Waals surface area contributed by atoms with Crippen LogP contribution in [-0.4, -0.2) is 36.5 Å². The van der Waals surface area contributed by atoms with Gasteiger partial charge in [-0.2, -0.15) is 0 Å². The van der Waals surface area contributed by atoms with Crippen molar-refractivity contribution >= 4 is 49.1 Å². The number of rotatable bonds is 5. The first-order chi connectivity index (χ1) is 8.49. The van der Waals surface area contributed by atoms with E-state index in [9.17, 15) is 4.79 Å². The molecule has 0 aliphatic heterocycles. The van der Waals surface area contributed by atoms with Crippen molar-refractivity contribution < 1.29 is 4.79 Å². The third-order valence-corrected chi connectivity index (χ3v) is 5.62. The molecule has 1 fully saturated rings. The zero-order chi connectivity index (χ0) is 13.3. The average Bonchev–Trinajstić information content (AvgIpc) is 3.10. The van der Waals surface area contributed by atoms with Crippen molar-refractivity contribution in [3.63, 3.8) is 0 Å². The molecule has 1 unspecified atom stereocenters. The first kappa shape index (κ1) is 14.5. The Balaban J connectivity index is 1.86. The van der Waals surface area contributed by atoms with Gasteiger partial charge in [0, 0.05) is 18.6 Å². The van der Waals surface area contributed by atoms with Crippen molar-refractivity contribution in [1.29, 1.82) is 0 Å². The lowest BCUT2D eigenvalue weighted by Crippen LogP contribution is -2.41. The Kier molecular flexibility index (Phi) is 4.86. The van der Waals surface area contributed by atoms with Gasteiger partial charge in [-0.3, -0.25) is 9.69 Å². The van der Waals surface area contributed by atoms with E-state index in [1.807, 2.05) is 6.07 Å². The summed E-state index contributed by atoms with van der Waals surface area (Å²) in [5.74, 6) is -0.0140. The SMILES string of the molecule is CC(CNC(=O)c1cc(Br)sc1Br)N(C)C1CC1. The van der Waals surface area contributed by atoms with Crippen LogP contribution in [0.15, 0.2) is 13.6 Å². The van der Waals surface area contributed by atoms with E-state index in [2.05, 4.69) is 56.0 Å². The molecule has 1 N–H and O–H groups in total.